The molecule has 0 amide bonds. The van der Waals surface area contributed by atoms with E-state index in [1.54, 1.807) is 7.11 Å². The monoisotopic (exact) mass is 263 g/mol. The first-order valence-corrected chi connectivity index (χ1v) is 7.45. The van der Waals surface area contributed by atoms with Gasteiger partial charge in [-0.15, -0.1) is 0 Å². The number of likely N-dealkylation sites (tertiary alicyclic amines) is 1. The van der Waals surface area contributed by atoms with E-state index in [0.29, 0.717) is 12.1 Å². The zero-order chi connectivity index (χ0) is 13.2. The van der Waals surface area contributed by atoms with Crippen molar-refractivity contribution >= 4 is 0 Å². The number of nitrogens with zero attached hydrogens (tertiary/aromatic N) is 1. The van der Waals surface area contributed by atoms with Crippen molar-refractivity contribution in [3.63, 3.8) is 0 Å². The molecule has 0 unspecified atom stereocenters. The molecule has 0 aromatic rings. The van der Waals surface area contributed by atoms with Gasteiger partial charge in [0, 0.05) is 31.4 Å². The van der Waals surface area contributed by atoms with Crippen molar-refractivity contribution in [2.24, 2.45) is 5.92 Å². The van der Waals surface area contributed by atoms with Gasteiger partial charge in [-0.05, 0) is 38.1 Å². The summed E-state index contributed by atoms with van der Waals surface area (Å²) in [6, 6.07) is 1.28. The predicted molar refractivity (Wildman–Crippen MR) is 76.5 cm³/mol. The minimum absolute atomic E-state index is 0.619. The maximum Gasteiger partial charge on any atom is 0.157 e. The average Bonchev–Trinajstić information content (AvgIpc) is 3.12. The minimum Gasteiger partial charge on any atom is -0.493 e. The van der Waals surface area contributed by atoms with E-state index in [4.69, 9.17) is 4.74 Å². The highest BCUT2D eigenvalue weighted by Gasteiger charge is 2.33. The van der Waals surface area contributed by atoms with E-state index in [2.05, 4.69) is 28.3 Å². The van der Waals surface area contributed by atoms with E-state index in [1.165, 1.54) is 32.2 Å². The van der Waals surface area contributed by atoms with Gasteiger partial charge in [0.25, 0.3) is 0 Å². The number of methoxy groups -OCH3 is 1. The number of rotatable bonds is 5. The summed E-state index contributed by atoms with van der Waals surface area (Å²) in [5.41, 5.74) is 0.924. The summed E-state index contributed by atoms with van der Waals surface area (Å²) >= 11 is 0. The van der Waals surface area contributed by atoms with E-state index in [9.17, 15) is 0 Å². The van der Waals surface area contributed by atoms with Crippen LogP contribution in [-0.4, -0.2) is 43.7 Å². The highest BCUT2D eigenvalue weighted by atomic mass is 16.5. The molecular weight excluding hydrogens is 238 g/mol. The average molecular weight is 263 g/mol. The Bertz CT molecular complexity index is 362. The first-order chi connectivity index (χ1) is 9.26. The van der Waals surface area contributed by atoms with Crippen LogP contribution >= 0.6 is 0 Å². The van der Waals surface area contributed by atoms with E-state index >= 15 is 0 Å². The maximum absolute atomic E-state index is 5.49. The summed E-state index contributed by atoms with van der Waals surface area (Å²) in [5.74, 6) is 1.68. The van der Waals surface area contributed by atoms with E-state index in [1.807, 2.05) is 0 Å². The summed E-state index contributed by atoms with van der Waals surface area (Å²) in [6.45, 7) is 7.50. The Labute approximate surface area is 115 Å². The molecule has 0 spiro atoms. The molecule has 1 saturated carbocycles. The van der Waals surface area contributed by atoms with E-state index in [0.717, 1.165) is 30.5 Å². The molecule has 2 atom stereocenters. The van der Waals surface area contributed by atoms with Crippen molar-refractivity contribution in [2.75, 3.05) is 26.7 Å². The molecule has 4 nitrogen and oxygen atoms in total. The van der Waals surface area contributed by atoms with Gasteiger partial charge in [-0.1, -0.05) is 6.58 Å². The third kappa shape index (κ3) is 3.06. The molecule has 3 fully saturated rings. The lowest BCUT2D eigenvalue weighted by Crippen LogP contribution is -2.40. The molecule has 0 aromatic carbocycles. The lowest BCUT2D eigenvalue weighted by Gasteiger charge is -2.24. The van der Waals surface area contributed by atoms with Crippen molar-refractivity contribution in [1.82, 2.24) is 15.5 Å². The van der Waals surface area contributed by atoms with Gasteiger partial charge in [0.15, 0.2) is 5.76 Å². The number of ether oxygens (including phenoxy) is 1. The molecule has 0 bridgehead atoms. The van der Waals surface area contributed by atoms with Crippen molar-refractivity contribution in [3.05, 3.63) is 24.2 Å². The van der Waals surface area contributed by atoms with E-state index < -0.39 is 0 Å². The summed E-state index contributed by atoms with van der Waals surface area (Å²) in [5, 5.41) is 7.04. The molecule has 0 aromatic heterocycles. The van der Waals surface area contributed by atoms with Crippen LogP contribution in [0.25, 0.3) is 0 Å². The Kier molecular flexibility index (Phi) is 3.69. The fourth-order valence-corrected chi connectivity index (χ4v) is 3.15. The number of nitrogens with one attached hydrogen (secondary N) is 2. The van der Waals surface area contributed by atoms with Crippen molar-refractivity contribution in [3.8, 4) is 0 Å². The molecule has 19 heavy (non-hydrogen) atoms. The molecule has 2 saturated heterocycles. The zero-order valence-corrected chi connectivity index (χ0v) is 11.8. The molecule has 1 aliphatic carbocycles. The Morgan fingerprint density at radius 2 is 2.21 bits per heavy atom. The Morgan fingerprint density at radius 3 is 2.89 bits per heavy atom. The highest BCUT2D eigenvalue weighted by Crippen LogP contribution is 2.26. The Morgan fingerprint density at radius 1 is 1.37 bits per heavy atom. The number of hydrogen-bond donors (Lipinski definition) is 2. The quantitative estimate of drug-likeness (QED) is 0.581. The van der Waals surface area contributed by atoms with Crippen LogP contribution in [0, 0.1) is 5.92 Å². The van der Waals surface area contributed by atoms with Crippen LogP contribution in [0.2, 0.25) is 0 Å². The molecule has 3 rings (SSSR count). The maximum atomic E-state index is 5.49. The van der Waals surface area contributed by atoms with Crippen LogP contribution in [-0.2, 0) is 4.74 Å². The molecule has 4 heteroatoms. The van der Waals surface area contributed by atoms with Crippen LogP contribution in [0.15, 0.2) is 24.2 Å². The van der Waals surface area contributed by atoms with Crippen molar-refractivity contribution in [2.45, 2.75) is 37.8 Å². The fraction of sp³-hybridized carbons (Fsp3) is 0.733. The first kappa shape index (κ1) is 12.9. The van der Waals surface area contributed by atoms with Gasteiger partial charge < -0.3 is 20.3 Å². The van der Waals surface area contributed by atoms with Crippen LogP contribution in [0.4, 0.5) is 0 Å². The number of fused-ring (bicyclic) bond motifs is 1. The van der Waals surface area contributed by atoms with Gasteiger partial charge >= 0.3 is 0 Å². The predicted octanol–water partition coefficient (Wildman–Crippen LogP) is 1.42. The summed E-state index contributed by atoms with van der Waals surface area (Å²) in [6.07, 6.45) is 7.32. The Hall–Kier alpha value is -1.16. The third-order valence-corrected chi connectivity index (χ3v) is 4.40. The standard InChI is InChI=1S/C15H25N3O/c1-11(17-13-5-6-13)15(19-2)10-18-8-12-4-3-7-16-14(12)9-18/h10,12-14,16-17H,1,3-9H2,2H3/b15-10-/t12-,14+/m0/s1. The van der Waals surface area contributed by atoms with Gasteiger partial charge in [-0.3, -0.25) is 0 Å². The van der Waals surface area contributed by atoms with Gasteiger partial charge in [-0.25, -0.2) is 0 Å². The molecule has 106 valence electrons. The summed E-state index contributed by atoms with van der Waals surface area (Å²) in [4.78, 5) is 2.38. The highest BCUT2D eigenvalue weighted by molar-refractivity contribution is 5.22. The topological polar surface area (TPSA) is 36.5 Å². The molecule has 2 aliphatic heterocycles. The van der Waals surface area contributed by atoms with Crippen LogP contribution in [0.5, 0.6) is 0 Å². The molecular formula is C15H25N3O. The van der Waals surface area contributed by atoms with Gasteiger partial charge in [-0.2, -0.15) is 0 Å². The normalized spacial score (nSPS) is 31.0. The fourth-order valence-electron chi connectivity index (χ4n) is 3.15. The molecule has 3 aliphatic rings. The Balaban J connectivity index is 1.60. The van der Waals surface area contributed by atoms with Gasteiger partial charge in [0.1, 0.15) is 0 Å². The van der Waals surface area contributed by atoms with Crippen LogP contribution in [0.3, 0.4) is 0 Å². The second-order valence-corrected chi connectivity index (χ2v) is 6.01. The second kappa shape index (κ2) is 5.45. The van der Waals surface area contributed by atoms with Gasteiger partial charge in [0.05, 0.1) is 12.8 Å². The summed E-state index contributed by atoms with van der Waals surface area (Å²) in [7, 11) is 1.73. The van der Waals surface area contributed by atoms with E-state index in [-0.39, 0.29) is 0 Å². The molecule has 2 N–H and O–H groups in total. The second-order valence-electron chi connectivity index (χ2n) is 6.01. The van der Waals surface area contributed by atoms with Crippen molar-refractivity contribution in [1.29, 1.82) is 0 Å². The minimum atomic E-state index is 0.619. The van der Waals surface area contributed by atoms with Crippen LogP contribution < -0.4 is 10.6 Å². The zero-order valence-electron chi connectivity index (χ0n) is 11.8. The number of piperidine rings is 1. The third-order valence-electron chi connectivity index (χ3n) is 4.40. The molecule has 0 radical (unpaired) electrons. The van der Waals surface area contributed by atoms with Gasteiger partial charge in [0.2, 0.25) is 0 Å². The van der Waals surface area contributed by atoms with Crippen molar-refractivity contribution < 1.29 is 4.74 Å². The summed E-state index contributed by atoms with van der Waals surface area (Å²) < 4.78 is 5.49. The smallest absolute Gasteiger partial charge is 0.157 e. The number of hydrogen-bond acceptors (Lipinski definition) is 4. The lowest BCUT2D eigenvalue weighted by molar-refractivity contribution is 0.280. The SMILES string of the molecule is C=C(NC1CC1)/C(=C/N1C[C@@H]2CCCN[C@@H]2C1)OC. The largest absolute Gasteiger partial charge is 0.493 e. The molecule has 2 heterocycles. The lowest BCUT2D eigenvalue weighted by atomic mass is 9.94. The van der Waals surface area contributed by atoms with Crippen LogP contribution in [0.1, 0.15) is 25.7 Å². The first-order valence-electron chi connectivity index (χ1n) is 7.45.